The number of anilines is 2. The highest BCUT2D eigenvalue weighted by Crippen LogP contribution is 2.37. The van der Waals surface area contributed by atoms with Crippen molar-refractivity contribution in [3.63, 3.8) is 0 Å². The Bertz CT molecular complexity index is 1390. The number of hydrogen-bond acceptors (Lipinski definition) is 7. The lowest BCUT2D eigenvalue weighted by atomic mass is 10.1. The molecule has 0 saturated carbocycles. The second kappa shape index (κ2) is 11.0. The molecule has 1 amide bonds. The molecule has 1 aliphatic heterocycles. The molecule has 194 valence electrons. The minimum absolute atomic E-state index is 0.0290. The van der Waals surface area contributed by atoms with E-state index >= 15 is 0 Å². The molecule has 37 heavy (non-hydrogen) atoms. The molecular weight excluding hydrogens is 510 g/mol. The normalized spacial score (nSPS) is 14.5. The molecule has 9 nitrogen and oxygen atoms in total. The van der Waals surface area contributed by atoms with Gasteiger partial charge in [0.2, 0.25) is 5.91 Å². The van der Waals surface area contributed by atoms with Crippen molar-refractivity contribution < 1.29 is 33.0 Å². The number of carboxylic acids is 1. The molecule has 0 atom stereocenters. The van der Waals surface area contributed by atoms with Gasteiger partial charge in [-0.1, -0.05) is 11.6 Å². The molecule has 2 heterocycles. The molecule has 1 aliphatic rings. The zero-order chi connectivity index (χ0) is 26.7. The van der Waals surface area contributed by atoms with Crippen LogP contribution in [0.1, 0.15) is 19.8 Å². The van der Waals surface area contributed by atoms with Crippen LogP contribution in [0.4, 0.5) is 20.3 Å². The zero-order valence-electron chi connectivity index (χ0n) is 19.9. The summed E-state index contributed by atoms with van der Waals surface area (Å²) >= 11 is 5.70. The maximum atomic E-state index is 14.5. The van der Waals surface area contributed by atoms with Crippen LogP contribution < -0.4 is 14.8 Å². The lowest BCUT2D eigenvalue weighted by Crippen LogP contribution is -2.41. The molecule has 1 saturated heterocycles. The highest BCUT2D eigenvalue weighted by atomic mass is 35.5. The van der Waals surface area contributed by atoms with E-state index in [0.717, 1.165) is 12.1 Å². The Morgan fingerprint density at radius 2 is 1.92 bits per heavy atom. The number of methoxy groups -OCH3 is 1. The number of carbonyl (C=O) groups is 2. The van der Waals surface area contributed by atoms with Gasteiger partial charge in [-0.05, 0) is 25.1 Å². The number of rotatable bonds is 7. The summed E-state index contributed by atoms with van der Waals surface area (Å²) in [5.74, 6) is -2.25. The van der Waals surface area contributed by atoms with Crippen molar-refractivity contribution in [1.29, 1.82) is 0 Å². The molecule has 3 aromatic rings. The third-order valence-corrected chi connectivity index (χ3v) is 6.28. The number of fused-ring (bicyclic) bond motifs is 1. The van der Waals surface area contributed by atoms with E-state index in [0.29, 0.717) is 48.3 Å². The molecule has 1 fully saturated rings. The molecule has 0 bridgehead atoms. The van der Waals surface area contributed by atoms with Crippen molar-refractivity contribution in [2.24, 2.45) is 0 Å². The fourth-order valence-electron chi connectivity index (χ4n) is 3.88. The predicted molar refractivity (Wildman–Crippen MR) is 132 cm³/mol. The van der Waals surface area contributed by atoms with Crippen LogP contribution in [0.15, 0.2) is 42.2 Å². The van der Waals surface area contributed by atoms with Gasteiger partial charge in [-0.15, -0.1) is 0 Å². The van der Waals surface area contributed by atoms with Gasteiger partial charge in [-0.2, -0.15) is 0 Å². The van der Waals surface area contributed by atoms with Gasteiger partial charge >= 0.3 is 5.97 Å². The maximum absolute atomic E-state index is 14.5. The quantitative estimate of drug-likeness (QED) is 0.332. The first-order chi connectivity index (χ1) is 17.7. The van der Waals surface area contributed by atoms with E-state index in [-0.39, 0.29) is 29.1 Å². The van der Waals surface area contributed by atoms with Crippen LogP contribution in [0.25, 0.3) is 10.9 Å². The van der Waals surface area contributed by atoms with Gasteiger partial charge in [0.05, 0.1) is 18.3 Å². The molecule has 0 radical (unpaired) electrons. The fraction of sp³-hybridized carbons (Fsp3) is 0.280. The van der Waals surface area contributed by atoms with E-state index in [4.69, 9.17) is 26.2 Å². The molecule has 1 aromatic heterocycles. The van der Waals surface area contributed by atoms with Gasteiger partial charge in [-0.3, -0.25) is 4.79 Å². The second-order valence-electron chi connectivity index (χ2n) is 8.37. The topological polar surface area (TPSA) is 114 Å². The first-order valence-corrected chi connectivity index (χ1v) is 11.7. The van der Waals surface area contributed by atoms with Gasteiger partial charge < -0.3 is 24.8 Å². The number of amides is 1. The van der Waals surface area contributed by atoms with Crippen molar-refractivity contribution in [2.75, 3.05) is 25.5 Å². The van der Waals surface area contributed by atoms with Gasteiger partial charge in [0.15, 0.2) is 17.3 Å². The number of halogens is 3. The summed E-state index contributed by atoms with van der Waals surface area (Å²) in [6.45, 7) is 2.15. The molecular formula is C25H23ClF2N4O5. The monoisotopic (exact) mass is 532 g/mol. The lowest BCUT2D eigenvalue weighted by Gasteiger charge is -2.32. The largest absolute Gasteiger partial charge is 0.493 e. The highest BCUT2D eigenvalue weighted by Gasteiger charge is 2.25. The van der Waals surface area contributed by atoms with E-state index in [1.807, 2.05) is 0 Å². The zero-order valence-corrected chi connectivity index (χ0v) is 20.7. The van der Waals surface area contributed by atoms with E-state index in [2.05, 4.69) is 15.3 Å². The van der Waals surface area contributed by atoms with Crippen LogP contribution in [-0.4, -0.2) is 58.2 Å². The number of piperidine rings is 1. The van der Waals surface area contributed by atoms with Gasteiger partial charge in [0.1, 0.15) is 29.1 Å². The number of aliphatic carboxylic acids is 1. The van der Waals surface area contributed by atoms with Gasteiger partial charge in [0.25, 0.3) is 0 Å². The second-order valence-corrected chi connectivity index (χ2v) is 8.74. The van der Waals surface area contributed by atoms with Crippen LogP contribution in [-0.2, 0) is 9.59 Å². The number of carboxylic acid groups (broad SMARTS) is 1. The number of nitrogens with one attached hydrogen (secondary N) is 1. The first kappa shape index (κ1) is 26.1. The van der Waals surface area contributed by atoms with Crippen LogP contribution >= 0.6 is 11.6 Å². The summed E-state index contributed by atoms with van der Waals surface area (Å²) < 4.78 is 39.7. The summed E-state index contributed by atoms with van der Waals surface area (Å²) in [5, 5.41) is 11.7. The van der Waals surface area contributed by atoms with Gasteiger partial charge in [-0.25, -0.2) is 23.5 Å². The Morgan fingerprint density at radius 3 is 2.59 bits per heavy atom. The number of carbonyl (C=O) groups excluding carboxylic acids is 1. The van der Waals surface area contributed by atoms with E-state index < -0.39 is 22.6 Å². The number of benzene rings is 2. The molecule has 2 N–H and O–H groups in total. The van der Waals surface area contributed by atoms with E-state index in [1.54, 1.807) is 17.0 Å². The number of aromatic nitrogens is 2. The summed E-state index contributed by atoms with van der Waals surface area (Å²) in [4.78, 5) is 33.3. The number of likely N-dealkylation sites (tertiary alicyclic amines) is 1. The molecule has 0 unspecified atom stereocenters. The summed E-state index contributed by atoms with van der Waals surface area (Å²) in [6.07, 6.45) is 3.20. The van der Waals surface area contributed by atoms with Crippen LogP contribution in [0.5, 0.6) is 11.5 Å². The van der Waals surface area contributed by atoms with E-state index in [9.17, 15) is 18.4 Å². The van der Waals surface area contributed by atoms with Crippen LogP contribution in [0.3, 0.4) is 0 Å². The Kier molecular flexibility index (Phi) is 7.72. The van der Waals surface area contributed by atoms with Crippen LogP contribution in [0, 0.1) is 11.6 Å². The Hall–Kier alpha value is -3.99. The lowest BCUT2D eigenvalue weighted by molar-refractivity contribution is -0.133. The van der Waals surface area contributed by atoms with Crippen LogP contribution in [0.2, 0.25) is 5.02 Å². The average Bonchev–Trinajstić information content (AvgIpc) is 2.89. The molecule has 12 heteroatoms. The number of hydrogen-bond donors (Lipinski definition) is 2. The third kappa shape index (κ3) is 5.72. The minimum atomic E-state index is -1.14. The first-order valence-electron chi connectivity index (χ1n) is 11.3. The molecule has 0 spiro atoms. The Balaban J connectivity index is 1.55. The molecule has 4 rings (SSSR count). The standard InChI is InChI=1S/C25H23ClF2N4O5/c1-13(25(34)35)9-21(33)32-7-5-14(6-8-32)37-20-10-15-18(11-19(20)36-2)29-12-30-24(15)31-17-4-3-16(27)22(26)23(17)28/h3-4,9-12,14H,5-8H2,1-2H3,(H,34,35)(H,29,30,31)/b13-9-. The number of nitrogens with zero attached hydrogens (tertiary/aromatic N) is 3. The Morgan fingerprint density at radius 1 is 1.19 bits per heavy atom. The number of ether oxygens (including phenoxy) is 2. The third-order valence-electron chi connectivity index (χ3n) is 5.93. The van der Waals surface area contributed by atoms with E-state index in [1.165, 1.54) is 26.4 Å². The minimum Gasteiger partial charge on any atom is -0.493 e. The maximum Gasteiger partial charge on any atom is 0.331 e. The van der Waals surface area contributed by atoms with Crippen molar-refractivity contribution in [3.05, 3.63) is 58.9 Å². The van der Waals surface area contributed by atoms with Crippen molar-refractivity contribution >= 4 is 45.9 Å². The van der Waals surface area contributed by atoms with Crippen molar-refractivity contribution in [3.8, 4) is 11.5 Å². The summed E-state index contributed by atoms with van der Waals surface area (Å²) in [5.41, 5.74) is 0.406. The van der Waals surface area contributed by atoms with Crippen molar-refractivity contribution in [2.45, 2.75) is 25.9 Å². The summed E-state index contributed by atoms with van der Waals surface area (Å²) in [6, 6.07) is 5.58. The smallest absolute Gasteiger partial charge is 0.331 e. The molecule has 2 aromatic carbocycles. The van der Waals surface area contributed by atoms with Gasteiger partial charge in [0, 0.05) is 49.0 Å². The Labute approximate surface area is 215 Å². The summed E-state index contributed by atoms with van der Waals surface area (Å²) in [7, 11) is 1.49. The highest BCUT2D eigenvalue weighted by molar-refractivity contribution is 6.31. The molecule has 0 aliphatic carbocycles. The predicted octanol–water partition coefficient (Wildman–Crippen LogP) is 4.71. The SMILES string of the molecule is COc1cc2ncnc(Nc3ccc(F)c(Cl)c3F)c2cc1OC1CCN(C(=O)/C=C(/C)C(=O)O)CC1. The fourth-order valence-corrected chi connectivity index (χ4v) is 4.04. The van der Waals surface area contributed by atoms with Crippen molar-refractivity contribution in [1.82, 2.24) is 14.9 Å². The average molecular weight is 533 g/mol.